The lowest BCUT2D eigenvalue weighted by Gasteiger charge is -2.17. The van der Waals surface area contributed by atoms with Gasteiger partial charge in [-0.2, -0.15) is 11.8 Å². The first-order chi connectivity index (χ1) is 11.2. The van der Waals surface area contributed by atoms with Crippen LogP contribution in [0.2, 0.25) is 5.02 Å². The quantitative estimate of drug-likeness (QED) is 0.603. The zero-order valence-electron chi connectivity index (χ0n) is 14.1. The Morgan fingerprint density at radius 3 is 2.91 bits per heavy atom. The second-order valence-electron chi connectivity index (χ2n) is 5.66. The minimum atomic E-state index is 0.511. The average molecular weight is 356 g/mol. The fraction of sp³-hybridized carbons (Fsp3) is 0.588. The molecule has 2 unspecified atom stereocenters. The van der Waals surface area contributed by atoms with Crippen LogP contribution in [0.1, 0.15) is 31.7 Å². The summed E-state index contributed by atoms with van der Waals surface area (Å²) < 4.78 is 5.38. The maximum Gasteiger partial charge on any atom is 0.191 e. The van der Waals surface area contributed by atoms with Crippen molar-refractivity contribution in [3.8, 4) is 5.75 Å². The summed E-state index contributed by atoms with van der Waals surface area (Å²) >= 11 is 7.97. The van der Waals surface area contributed by atoms with Gasteiger partial charge in [-0.15, -0.1) is 0 Å². The predicted molar refractivity (Wildman–Crippen MR) is 101 cm³/mol. The van der Waals surface area contributed by atoms with Crippen LogP contribution < -0.4 is 15.4 Å². The molecule has 128 valence electrons. The lowest BCUT2D eigenvalue weighted by atomic mass is 10.2. The molecule has 0 aromatic heterocycles. The molecule has 0 amide bonds. The summed E-state index contributed by atoms with van der Waals surface area (Å²) in [7, 11) is 1.66. The number of nitrogens with one attached hydrogen (secondary N) is 2. The molecule has 0 radical (unpaired) electrons. The van der Waals surface area contributed by atoms with Crippen molar-refractivity contribution in [2.45, 2.75) is 44.0 Å². The Balaban J connectivity index is 2.01. The summed E-state index contributed by atoms with van der Waals surface area (Å²) in [5.74, 6) is 1.65. The Labute approximate surface area is 148 Å². The molecule has 1 aromatic rings. The molecule has 0 heterocycles. The lowest BCUT2D eigenvalue weighted by Crippen LogP contribution is -2.42. The molecule has 1 aliphatic rings. The van der Waals surface area contributed by atoms with Crippen LogP contribution in [0, 0.1) is 0 Å². The third-order valence-electron chi connectivity index (χ3n) is 4.06. The highest BCUT2D eigenvalue weighted by molar-refractivity contribution is 7.99. The van der Waals surface area contributed by atoms with Gasteiger partial charge in [0.1, 0.15) is 5.75 Å². The number of hydrogen-bond donors (Lipinski definition) is 2. The average Bonchev–Trinajstić information content (AvgIpc) is 3.01. The van der Waals surface area contributed by atoms with E-state index < -0.39 is 0 Å². The molecular weight excluding hydrogens is 330 g/mol. The number of ether oxygens (including phenoxy) is 1. The Morgan fingerprint density at radius 1 is 1.43 bits per heavy atom. The molecule has 0 saturated heterocycles. The SMILES string of the molecule is CCNC(=NCc1ccc(Cl)cc1OC)NC1CCC(SC)C1. The number of methoxy groups -OCH3 is 1. The van der Waals surface area contributed by atoms with Gasteiger partial charge >= 0.3 is 0 Å². The number of thioether (sulfide) groups is 1. The topological polar surface area (TPSA) is 45.7 Å². The zero-order chi connectivity index (χ0) is 16.7. The fourth-order valence-corrected chi connectivity index (χ4v) is 3.77. The second-order valence-corrected chi connectivity index (χ2v) is 7.24. The monoisotopic (exact) mass is 355 g/mol. The van der Waals surface area contributed by atoms with Gasteiger partial charge in [-0.05, 0) is 44.6 Å². The standard InChI is InChI=1S/C17H26ClN3OS/c1-4-19-17(21-14-7-8-15(10-14)23-3)20-11-12-5-6-13(18)9-16(12)22-2/h5-6,9,14-15H,4,7-8,10-11H2,1-3H3,(H2,19,20,21). The Morgan fingerprint density at radius 2 is 2.26 bits per heavy atom. The van der Waals surface area contributed by atoms with Crippen LogP contribution in [0.15, 0.2) is 23.2 Å². The molecule has 1 aliphatic carbocycles. The van der Waals surface area contributed by atoms with Crippen molar-refractivity contribution in [3.05, 3.63) is 28.8 Å². The third-order valence-corrected chi connectivity index (χ3v) is 5.39. The first-order valence-electron chi connectivity index (χ1n) is 8.06. The molecular formula is C17H26ClN3OS. The van der Waals surface area contributed by atoms with E-state index in [0.717, 1.165) is 29.1 Å². The molecule has 1 aromatic carbocycles. The molecule has 6 heteroatoms. The van der Waals surface area contributed by atoms with Crippen molar-refractivity contribution >= 4 is 29.3 Å². The van der Waals surface area contributed by atoms with E-state index in [1.54, 1.807) is 7.11 Å². The maximum absolute atomic E-state index is 6.01. The van der Waals surface area contributed by atoms with Crippen molar-refractivity contribution in [2.24, 2.45) is 4.99 Å². The Kier molecular flexibility index (Phi) is 7.37. The van der Waals surface area contributed by atoms with E-state index in [1.807, 2.05) is 30.0 Å². The molecule has 0 bridgehead atoms. The van der Waals surface area contributed by atoms with E-state index in [-0.39, 0.29) is 0 Å². The molecule has 1 fully saturated rings. The summed E-state index contributed by atoms with van der Waals surface area (Å²) in [4.78, 5) is 4.70. The van der Waals surface area contributed by atoms with Gasteiger partial charge in [0.05, 0.1) is 13.7 Å². The van der Waals surface area contributed by atoms with Gasteiger partial charge in [-0.1, -0.05) is 17.7 Å². The van der Waals surface area contributed by atoms with Crippen LogP contribution >= 0.6 is 23.4 Å². The zero-order valence-corrected chi connectivity index (χ0v) is 15.6. The van der Waals surface area contributed by atoms with Gasteiger partial charge in [-0.25, -0.2) is 4.99 Å². The van der Waals surface area contributed by atoms with Crippen molar-refractivity contribution in [3.63, 3.8) is 0 Å². The number of nitrogens with zero attached hydrogens (tertiary/aromatic N) is 1. The molecule has 2 rings (SSSR count). The molecule has 4 nitrogen and oxygen atoms in total. The number of rotatable bonds is 6. The third kappa shape index (κ3) is 5.50. The minimum absolute atomic E-state index is 0.511. The summed E-state index contributed by atoms with van der Waals surface area (Å²) in [5.41, 5.74) is 1.03. The van der Waals surface area contributed by atoms with Crippen LogP contribution in [0.4, 0.5) is 0 Å². The van der Waals surface area contributed by atoms with Gasteiger partial charge in [0.15, 0.2) is 5.96 Å². The first kappa shape index (κ1) is 18.3. The van der Waals surface area contributed by atoms with Gasteiger partial charge < -0.3 is 15.4 Å². The number of halogens is 1. The largest absolute Gasteiger partial charge is 0.496 e. The molecule has 23 heavy (non-hydrogen) atoms. The number of hydrogen-bond acceptors (Lipinski definition) is 3. The van der Waals surface area contributed by atoms with Crippen LogP contribution in [-0.2, 0) is 6.54 Å². The maximum atomic E-state index is 6.01. The van der Waals surface area contributed by atoms with Crippen molar-refractivity contribution in [2.75, 3.05) is 19.9 Å². The van der Waals surface area contributed by atoms with E-state index in [2.05, 4.69) is 23.8 Å². The molecule has 0 spiro atoms. The summed E-state index contributed by atoms with van der Waals surface area (Å²) in [6.45, 7) is 3.50. The van der Waals surface area contributed by atoms with E-state index >= 15 is 0 Å². The Bertz CT molecular complexity index is 539. The van der Waals surface area contributed by atoms with Gasteiger partial charge in [0.25, 0.3) is 0 Å². The van der Waals surface area contributed by atoms with E-state index in [1.165, 1.54) is 19.3 Å². The Hall–Kier alpha value is -1.07. The summed E-state index contributed by atoms with van der Waals surface area (Å²) in [5, 5.41) is 8.33. The second kappa shape index (κ2) is 9.28. The van der Waals surface area contributed by atoms with Gasteiger partial charge in [-0.3, -0.25) is 0 Å². The van der Waals surface area contributed by atoms with Crippen LogP contribution in [-0.4, -0.2) is 37.2 Å². The van der Waals surface area contributed by atoms with Crippen molar-refractivity contribution in [1.82, 2.24) is 10.6 Å². The van der Waals surface area contributed by atoms with E-state index in [9.17, 15) is 0 Å². The molecule has 2 atom stereocenters. The van der Waals surface area contributed by atoms with Gasteiger partial charge in [0.2, 0.25) is 0 Å². The molecule has 0 aliphatic heterocycles. The smallest absolute Gasteiger partial charge is 0.191 e. The number of guanidine groups is 1. The number of aliphatic imine (C=N–C) groups is 1. The minimum Gasteiger partial charge on any atom is -0.496 e. The lowest BCUT2D eigenvalue weighted by molar-refractivity contribution is 0.410. The summed E-state index contributed by atoms with van der Waals surface area (Å²) in [6.07, 6.45) is 5.89. The summed E-state index contributed by atoms with van der Waals surface area (Å²) in [6, 6.07) is 6.17. The van der Waals surface area contributed by atoms with Crippen LogP contribution in [0.25, 0.3) is 0 Å². The van der Waals surface area contributed by atoms with E-state index in [4.69, 9.17) is 21.3 Å². The normalized spacial score (nSPS) is 21.3. The fourth-order valence-electron chi connectivity index (χ4n) is 2.81. The van der Waals surface area contributed by atoms with E-state index in [0.29, 0.717) is 17.6 Å². The van der Waals surface area contributed by atoms with Crippen molar-refractivity contribution < 1.29 is 4.74 Å². The number of benzene rings is 1. The van der Waals surface area contributed by atoms with Crippen LogP contribution in [0.3, 0.4) is 0 Å². The highest BCUT2D eigenvalue weighted by Gasteiger charge is 2.24. The first-order valence-corrected chi connectivity index (χ1v) is 9.72. The van der Waals surface area contributed by atoms with Crippen molar-refractivity contribution in [1.29, 1.82) is 0 Å². The van der Waals surface area contributed by atoms with Gasteiger partial charge in [0, 0.05) is 28.4 Å². The van der Waals surface area contributed by atoms with Crippen LogP contribution in [0.5, 0.6) is 5.75 Å². The predicted octanol–water partition coefficient (Wildman–Crippen LogP) is 3.69. The molecule has 2 N–H and O–H groups in total. The molecule has 1 saturated carbocycles. The highest BCUT2D eigenvalue weighted by atomic mass is 35.5. The highest BCUT2D eigenvalue weighted by Crippen LogP contribution is 2.28.